The Bertz CT molecular complexity index is 888. The summed E-state index contributed by atoms with van der Waals surface area (Å²) in [7, 11) is 2.43. The number of nitrogens with zero attached hydrogens (tertiary/aromatic N) is 2. The predicted octanol–water partition coefficient (Wildman–Crippen LogP) is 2.80. The van der Waals surface area contributed by atoms with Crippen molar-refractivity contribution in [2.75, 3.05) is 14.2 Å². The molecule has 0 saturated carbocycles. The van der Waals surface area contributed by atoms with Gasteiger partial charge in [0.15, 0.2) is 0 Å². The van der Waals surface area contributed by atoms with E-state index in [1.165, 1.54) is 50.6 Å². The molecule has 0 aromatic heterocycles. The molecule has 0 saturated heterocycles. The van der Waals surface area contributed by atoms with Crippen LogP contribution in [0.25, 0.3) is 0 Å². The third-order valence-corrected chi connectivity index (χ3v) is 3.22. The number of benzene rings is 2. The van der Waals surface area contributed by atoms with Gasteiger partial charge in [0, 0.05) is 0 Å². The second-order valence-electron chi connectivity index (χ2n) is 4.76. The fourth-order valence-corrected chi connectivity index (χ4v) is 2.04. The van der Waals surface area contributed by atoms with Gasteiger partial charge in [-0.3, -0.25) is 0 Å². The van der Waals surface area contributed by atoms with E-state index < -0.39 is 11.9 Å². The Balaban J connectivity index is 2.45. The molecule has 0 aliphatic heterocycles. The maximum absolute atomic E-state index is 11.8. The highest BCUT2D eigenvalue weighted by Crippen LogP contribution is 2.26. The summed E-state index contributed by atoms with van der Waals surface area (Å²) < 4.78 is 14.9. The summed E-state index contributed by atoms with van der Waals surface area (Å²) in [4.78, 5) is 23.5. The standard InChI is InChI=1S/C18H12N2O5/c1-23-17(21)12-5-13(18(22)24-2)7-16(6-12)25-15-4-3-11(9-19)14(8-15)10-20/h3-8H,1-2H3. The molecule has 0 N–H and O–H groups in total. The van der Waals surface area contributed by atoms with Crippen LogP contribution in [-0.4, -0.2) is 26.2 Å². The molecule has 0 radical (unpaired) electrons. The Morgan fingerprint density at radius 1 is 0.800 bits per heavy atom. The summed E-state index contributed by atoms with van der Waals surface area (Å²) in [6.45, 7) is 0. The number of esters is 2. The van der Waals surface area contributed by atoms with E-state index in [4.69, 9.17) is 15.3 Å². The SMILES string of the molecule is COC(=O)c1cc(Oc2ccc(C#N)c(C#N)c2)cc(C(=O)OC)c1. The molecule has 25 heavy (non-hydrogen) atoms. The van der Waals surface area contributed by atoms with E-state index in [1.54, 1.807) is 0 Å². The first kappa shape index (κ1) is 17.5. The van der Waals surface area contributed by atoms with Gasteiger partial charge in [-0.05, 0) is 36.4 Å². The Morgan fingerprint density at radius 2 is 1.36 bits per heavy atom. The summed E-state index contributed by atoms with van der Waals surface area (Å²) in [6.07, 6.45) is 0. The number of carbonyl (C=O) groups excluding carboxylic acids is 2. The summed E-state index contributed by atoms with van der Waals surface area (Å²) in [5.74, 6) is -0.841. The van der Waals surface area contributed by atoms with Crippen molar-refractivity contribution < 1.29 is 23.8 Å². The third kappa shape index (κ3) is 3.92. The Kier molecular flexibility index (Phi) is 5.34. The number of carbonyl (C=O) groups is 2. The lowest BCUT2D eigenvalue weighted by Crippen LogP contribution is -2.07. The summed E-state index contributed by atoms with van der Waals surface area (Å²) in [5.41, 5.74) is 0.579. The molecule has 0 spiro atoms. The second-order valence-corrected chi connectivity index (χ2v) is 4.76. The van der Waals surface area contributed by atoms with Gasteiger partial charge in [-0.15, -0.1) is 0 Å². The third-order valence-electron chi connectivity index (χ3n) is 3.22. The zero-order chi connectivity index (χ0) is 18.4. The minimum absolute atomic E-state index is 0.106. The molecule has 0 fully saturated rings. The van der Waals surface area contributed by atoms with Crippen LogP contribution in [0.4, 0.5) is 0 Å². The molecule has 0 aliphatic carbocycles. The van der Waals surface area contributed by atoms with Crippen LogP contribution in [0.3, 0.4) is 0 Å². The topological polar surface area (TPSA) is 109 Å². The van der Waals surface area contributed by atoms with Crippen molar-refractivity contribution >= 4 is 11.9 Å². The van der Waals surface area contributed by atoms with Crippen LogP contribution in [0, 0.1) is 22.7 Å². The first-order chi connectivity index (χ1) is 12.0. The van der Waals surface area contributed by atoms with Gasteiger partial charge in [0.1, 0.15) is 23.6 Å². The van der Waals surface area contributed by atoms with E-state index in [0.29, 0.717) is 0 Å². The Morgan fingerprint density at radius 3 is 1.84 bits per heavy atom. The second kappa shape index (κ2) is 7.62. The zero-order valence-electron chi connectivity index (χ0n) is 13.4. The van der Waals surface area contributed by atoms with E-state index in [0.717, 1.165) is 0 Å². The molecule has 0 bridgehead atoms. The van der Waals surface area contributed by atoms with Crippen LogP contribution < -0.4 is 4.74 Å². The fraction of sp³-hybridized carbons (Fsp3) is 0.111. The van der Waals surface area contributed by atoms with E-state index in [-0.39, 0.29) is 33.8 Å². The van der Waals surface area contributed by atoms with Gasteiger partial charge < -0.3 is 14.2 Å². The van der Waals surface area contributed by atoms with Gasteiger partial charge in [0.2, 0.25) is 0 Å². The number of nitriles is 2. The minimum Gasteiger partial charge on any atom is -0.465 e. The molecule has 2 aromatic carbocycles. The number of hydrogen-bond acceptors (Lipinski definition) is 7. The fourth-order valence-electron chi connectivity index (χ4n) is 2.04. The molecule has 2 aromatic rings. The minimum atomic E-state index is -0.645. The highest BCUT2D eigenvalue weighted by Gasteiger charge is 2.15. The predicted molar refractivity (Wildman–Crippen MR) is 85.1 cm³/mol. The molecule has 0 aliphatic rings. The van der Waals surface area contributed by atoms with Crippen molar-refractivity contribution in [3.8, 4) is 23.6 Å². The molecule has 0 unspecified atom stereocenters. The quantitative estimate of drug-likeness (QED) is 0.789. The molecule has 0 atom stereocenters. The molecule has 7 heteroatoms. The van der Waals surface area contributed by atoms with E-state index in [1.807, 2.05) is 12.1 Å². The van der Waals surface area contributed by atoms with Crippen molar-refractivity contribution in [2.24, 2.45) is 0 Å². The molecule has 124 valence electrons. The maximum atomic E-state index is 11.8. The molecule has 0 amide bonds. The lowest BCUT2D eigenvalue weighted by Gasteiger charge is -2.10. The van der Waals surface area contributed by atoms with Crippen LogP contribution in [0.5, 0.6) is 11.5 Å². The van der Waals surface area contributed by atoms with Crippen molar-refractivity contribution in [3.05, 3.63) is 58.7 Å². The number of ether oxygens (including phenoxy) is 3. The van der Waals surface area contributed by atoms with Crippen LogP contribution in [-0.2, 0) is 9.47 Å². The van der Waals surface area contributed by atoms with Crippen molar-refractivity contribution in [1.29, 1.82) is 10.5 Å². The van der Waals surface area contributed by atoms with Crippen LogP contribution in [0.15, 0.2) is 36.4 Å². The molecule has 2 rings (SSSR count). The average molecular weight is 336 g/mol. The van der Waals surface area contributed by atoms with Crippen molar-refractivity contribution in [3.63, 3.8) is 0 Å². The number of hydrogen-bond donors (Lipinski definition) is 0. The van der Waals surface area contributed by atoms with Crippen LogP contribution in [0.1, 0.15) is 31.8 Å². The van der Waals surface area contributed by atoms with Crippen LogP contribution >= 0.6 is 0 Å². The highest BCUT2D eigenvalue weighted by atomic mass is 16.5. The first-order valence-corrected chi connectivity index (χ1v) is 6.96. The Hall–Kier alpha value is -3.84. The largest absolute Gasteiger partial charge is 0.465 e. The monoisotopic (exact) mass is 336 g/mol. The summed E-state index contributed by atoms with van der Waals surface area (Å²) in [5, 5.41) is 18.0. The van der Waals surface area contributed by atoms with Gasteiger partial charge in [-0.2, -0.15) is 10.5 Å². The van der Waals surface area contributed by atoms with E-state index in [2.05, 4.69) is 9.47 Å². The summed E-state index contributed by atoms with van der Waals surface area (Å²) in [6, 6.07) is 12.2. The molecular formula is C18H12N2O5. The zero-order valence-corrected chi connectivity index (χ0v) is 13.4. The molecule has 7 nitrogen and oxygen atoms in total. The molecule has 0 heterocycles. The normalized spacial score (nSPS) is 9.44. The van der Waals surface area contributed by atoms with Gasteiger partial charge in [0.05, 0.1) is 36.5 Å². The van der Waals surface area contributed by atoms with Crippen molar-refractivity contribution in [1.82, 2.24) is 0 Å². The summed E-state index contributed by atoms with van der Waals surface area (Å²) >= 11 is 0. The van der Waals surface area contributed by atoms with Crippen LogP contribution in [0.2, 0.25) is 0 Å². The van der Waals surface area contributed by atoms with Gasteiger partial charge in [0.25, 0.3) is 0 Å². The van der Waals surface area contributed by atoms with Gasteiger partial charge >= 0.3 is 11.9 Å². The van der Waals surface area contributed by atoms with Gasteiger partial charge in [-0.1, -0.05) is 0 Å². The highest BCUT2D eigenvalue weighted by molar-refractivity contribution is 5.96. The smallest absolute Gasteiger partial charge is 0.338 e. The lowest BCUT2D eigenvalue weighted by molar-refractivity contribution is 0.0598. The lowest BCUT2D eigenvalue weighted by atomic mass is 10.1. The average Bonchev–Trinajstić information content (AvgIpc) is 2.66. The molecular weight excluding hydrogens is 324 g/mol. The Labute approximate surface area is 143 Å². The van der Waals surface area contributed by atoms with E-state index in [9.17, 15) is 9.59 Å². The van der Waals surface area contributed by atoms with Crippen molar-refractivity contribution in [2.45, 2.75) is 0 Å². The maximum Gasteiger partial charge on any atom is 0.338 e. The first-order valence-electron chi connectivity index (χ1n) is 6.96. The number of rotatable bonds is 4. The number of methoxy groups -OCH3 is 2. The van der Waals surface area contributed by atoms with E-state index >= 15 is 0 Å². The van der Waals surface area contributed by atoms with Gasteiger partial charge in [-0.25, -0.2) is 9.59 Å².